The molecule has 3 aliphatic carbocycles. The standard InChI is InChI=1S/C27H28O10/c1-11-21(31)35-16-10-23(11,2)19-20(30)26(34)18-13(17-12(9-15(18)29)5-4-6-14(17)28)7-8-25(33)22(32)36-24(16,3)27(19,25)37-26/h4,6,9,13,15-19,29,33-34H,1,5,7-8,10H2,2-3H3/t13?,15-,16-,17?,18?,19?,23-,24+,25-,26-,27+/m1/s1. The third kappa shape index (κ3) is 2.22. The van der Waals surface area contributed by atoms with E-state index in [4.69, 9.17) is 14.2 Å². The van der Waals surface area contributed by atoms with Crippen molar-refractivity contribution in [3.8, 4) is 0 Å². The average molecular weight is 513 g/mol. The summed E-state index contributed by atoms with van der Waals surface area (Å²) in [5.41, 5.74) is -7.06. The van der Waals surface area contributed by atoms with Crippen molar-refractivity contribution in [2.45, 2.75) is 74.3 Å². The Morgan fingerprint density at radius 3 is 2.59 bits per heavy atom. The highest BCUT2D eigenvalue weighted by atomic mass is 16.7. The Morgan fingerprint density at radius 2 is 1.86 bits per heavy atom. The summed E-state index contributed by atoms with van der Waals surface area (Å²) >= 11 is 0. The van der Waals surface area contributed by atoms with Gasteiger partial charge in [-0.15, -0.1) is 0 Å². The molecule has 7 rings (SSSR count). The second-order valence-electron chi connectivity index (χ2n) is 12.1. The number of ketones is 2. The van der Waals surface area contributed by atoms with Crippen molar-refractivity contribution in [2.75, 3.05) is 0 Å². The maximum Gasteiger partial charge on any atom is 0.342 e. The molecule has 4 bridgehead atoms. The van der Waals surface area contributed by atoms with E-state index in [9.17, 15) is 34.5 Å². The number of aliphatic hydroxyl groups is 3. The fraction of sp³-hybridized carbons (Fsp3) is 0.630. The van der Waals surface area contributed by atoms with Crippen molar-refractivity contribution in [3.63, 3.8) is 0 Å². The molecule has 4 aliphatic heterocycles. The van der Waals surface area contributed by atoms with E-state index in [1.807, 2.05) is 0 Å². The van der Waals surface area contributed by atoms with Gasteiger partial charge in [-0.3, -0.25) is 9.59 Å². The molecule has 1 spiro atoms. The lowest BCUT2D eigenvalue weighted by molar-refractivity contribution is -0.343. The number of rotatable bonds is 0. The minimum Gasteiger partial charge on any atom is -0.455 e. The third-order valence-electron chi connectivity index (χ3n) is 10.7. The normalized spacial score (nSPS) is 55.4. The first-order chi connectivity index (χ1) is 17.3. The van der Waals surface area contributed by atoms with Crippen LogP contribution in [0.15, 0.2) is 36.0 Å². The zero-order chi connectivity index (χ0) is 26.5. The van der Waals surface area contributed by atoms with E-state index in [2.05, 4.69) is 6.58 Å². The summed E-state index contributed by atoms with van der Waals surface area (Å²) in [5.74, 6) is -9.86. The maximum absolute atomic E-state index is 14.5. The topological polar surface area (TPSA) is 157 Å². The van der Waals surface area contributed by atoms with Crippen molar-refractivity contribution in [2.24, 2.45) is 29.1 Å². The van der Waals surface area contributed by atoms with Crippen LogP contribution in [0.5, 0.6) is 0 Å². The van der Waals surface area contributed by atoms with Crippen LogP contribution in [-0.2, 0) is 33.4 Å². The number of hydrogen-bond donors (Lipinski definition) is 3. The molecule has 10 heteroatoms. The van der Waals surface area contributed by atoms with Gasteiger partial charge in [0.15, 0.2) is 28.4 Å². The fourth-order valence-electron chi connectivity index (χ4n) is 8.93. The van der Waals surface area contributed by atoms with Crippen LogP contribution >= 0.6 is 0 Å². The number of allylic oxidation sites excluding steroid dienone is 3. The van der Waals surface area contributed by atoms with Gasteiger partial charge in [0.2, 0.25) is 5.79 Å². The predicted octanol–water partition coefficient (Wildman–Crippen LogP) is 0.0398. The first-order valence-electron chi connectivity index (χ1n) is 12.7. The van der Waals surface area contributed by atoms with Gasteiger partial charge in [-0.1, -0.05) is 31.2 Å². The van der Waals surface area contributed by atoms with Crippen LogP contribution in [-0.4, -0.2) is 73.6 Å². The van der Waals surface area contributed by atoms with E-state index in [-0.39, 0.29) is 30.6 Å². The maximum atomic E-state index is 14.5. The Labute approximate surface area is 211 Å². The molecule has 4 unspecified atom stereocenters. The smallest absolute Gasteiger partial charge is 0.342 e. The molecule has 10 nitrogen and oxygen atoms in total. The molecular weight excluding hydrogens is 484 g/mol. The van der Waals surface area contributed by atoms with Crippen molar-refractivity contribution in [3.05, 3.63) is 36.0 Å². The molecule has 1 saturated carbocycles. The van der Waals surface area contributed by atoms with Gasteiger partial charge in [0.05, 0.1) is 17.9 Å². The molecule has 5 fully saturated rings. The molecule has 3 N–H and O–H groups in total. The lowest BCUT2D eigenvalue weighted by Crippen LogP contribution is -2.77. The summed E-state index contributed by atoms with van der Waals surface area (Å²) in [6, 6.07) is 0. The van der Waals surface area contributed by atoms with Gasteiger partial charge < -0.3 is 29.5 Å². The Morgan fingerprint density at radius 1 is 1.14 bits per heavy atom. The zero-order valence-corrected chi connectivity index (χ0v) is 20.4. The van der Waals surface area contributed by atoms with E-state index < -0.39 is 81.6 Å². The van der Waals surface area contributed by atoms with E-state index >= 15 is 0 Å². The summed E-state index contributed by atoms with van der Waals surface area (Å²) in [6.45, 7) is 6.94. The summed E-state index contributed by atoms with van der Waals surface area (Å²) in [7, 11) is 0. The highest BCUT2D eigenvalue weighted by Gasteiger charge is 2.91. The van der Waals surface area contributed by atoms with Crippen molar-refractivity contribution < 1.29 is 48.7 Å². The summed E-state index contributed by atoms with van der Waals surface area (Å²) in [5, 5.41) is 35.7. The number of carbonyl (C=O) groups excluding carboxylic acids is 4. The van der Waals surface area contributed by atoms with Crippen LogP contribution < -0.4 is 0 Å². The van der Waals surface area contributed by atoms with E-state index in [0.717, 1.165) is 0 Å². The second-order valence-corrected chi connectivity index (χ2v) is 12.1. The number of fused-ring (bicyclic) bond motifs is 9. The zero-order valence-electron chi connectivity index (χ0n) is 20.4. The first kappa shape index (κ1) is 23.5. The van der Waals surface area contributed by atoms with Crippen LogP contribution in [0.3, 0.4) is 0 Å². The Balaban J connectivity index is 1.51. The van der Waals surface area contributed by atoms with Gasteiger partial charge in [-0.25, -0.2) is 9.59 Å². The summed E-state index contributed by atoms with van der Waals surface area (Å²) < 4.78 is 17.7. The lowest BCUT2D eigenvalue weighted by Gasteiger charge is -2.60. The number of hydrogen-bond acceptors (Lipinski definition) is 10. The molecule has 37 heavy (non-hydrogen) atoms. The molecule has 4 heterocycles. The van der Waals surface area contributed by atoms with Gasteiger partial charge in [0, 0.05) is 16.9 Å². The average Bonchev–Trinajstić information content (AvgIpc) is 3.17. The molecular formula is C27H28O10. The van der Waals surface area contributed by atoms with Crippen LogP contribution in [0.25, 0.3) is 0 Å². The molecule has 0 aromatic rings. The molecule has 0 aromatic heterocycles. The minimum absolute atomic E-state index is 0.0283. The van der Waals surface area contributed by atoms with Crippen LogP contribution in [0.1, 0.15) is 39.5 Å². The SMILES string of the molecule is C=C1C(=O)O[C@@H]2C[C@@]1(C)C1C(=O)[C@]3(O)O[C@@]14[C@@](O)(CCC1C5C(=O)C=CCC5=C[C@@H](O)C13)C(=O)O[C@@]24C. The predicted molar refractivity (Wildman–Crippen MR) is 121 cm³/mol. The Kier molecular flexibility index (Phi) is 4.11. The molecule has 196 valence electrons. The van der Waals surface area contributed by atoms with Crippen molar-refractivity contribution >= 4 is 23.5 Å². The molecule has 11 atom stereocenters. The van der Waals surface area contributed by atoms with Crippen LogP contribution in [0.4, 0.5) is 0 Å². The molecule has 0 radical (unpaired) electrons. The fourth-order valence-corrected chi connectivity index (χ4v) is 8.93. The minimum atomic E-state index is -2.69. The quantitative estimate of drug-likeness (QED) is 0.230. The van der Waals surface area contributed by atoms with Gasteiger partial charge in [-0.2, -0.15) is 0 Å². The highest BCUT2D eigenvalue weighted by Crippen LogP contribution is 2.72. The second kappa shape index (κ2) is 6.48. The van der Waals surface area contributed by atoms with Crippen LogP contribution in [0.2, 0.25) is 0 Å². The lowest BCUT2D eigenvalue weighted by atomic mass is 9.47. The van der Waals surface area contributed by atoms with Crippen LogP contribution in [0, 0.1) is 29.1 Å². The van der Waals surface area contributed by atoms with Gasteiger partial charge in [-0.05, 0) is 44.6 Å². The summed E-state index contributed by atoms with van der Waals surface area (Å²) in [4.78, 5) is 53.9. The number of Topliss-reactive ketones (excluding diaryl/α,β-unsaturated/α-hetero) is 1. The monoisotopic (exact) mass is 512 g/mol. The Hall–Kier alpha value is -2.66. The largest absolute Gasteiger partial charge is 0.455 e. The Bertz CT molecular complexity index is 1300. The molecule has 4 saturated heterocycles. The molecule has 7 aliphatic rings. The number of carbonyl (C=O) groups is 4. The van der Waals surface area contributed by atoms with Gasteiger partial charge in [0.1, 0.15) is 6.10 Å². The molecule has 0 amide bonds. The number of aliphatic hydroxyl groups excluding tert-OH is 1. The van der Waals surface area contributed by atoms with Gasteiger partial charge in [0.25, 0.3) is 0 Å². The molecule has 0 aromatic carbocycles. The number of esters is 2. The van der Waals surface area contributed by atoms with E-state index in [1.165, 1.54) is 19.1 Å². The first-order valence-corrected chi connectivity index (χ1v) is 12.7. The highest BCUT2D eigenvalue weighted by molar-refractivity contribution is 6.01. The summed E-state index contributed by atoms with van der Waals surface area (Å²) in [6.07, 6.45) is 2.45. The van der Waals surface area contributed by atoms with E-state index in [0.29, 0.717) is 12.0 Å². The van der Waals surface area contributed by atoms with Crippen molar-refractivity contribution in [1.82, 2.24) is 0 Å². The van der Waals surface area contributed by atoms with Crippen molar-refractivity contribution in [1.29, 1.82) is 0 Å². The third-order valence-corrected chi connectivity index (χ3v) is 10.7. The van der Waals surface area contributed by atoms with E-state index in [1.54, 1.807) is 13.0 Å². The van der Waals surface area contributed by atoms with Gasteiger partial charge >= 0.3 is 11.9 Å². The number of ether oxygens (including phenoxy) is 3.